The van der Waals surface area contributed by atoms with Gasteiger partial charge in [0.1, 0.15) is 0 Å². The van der Waals surface area contributed by atoms with Crippen LogP contribution in [-0.4, -0.2) is 8.76 Å². The third-order valence-electron chi connectivity index (χ3n) is 2.45. The average molecular weight is 204 g/mol. The van der Waals surface area contributed by atoms with Gasteiger partial charge in [-0.1, -0.05) is 6.07 Å². The maximum atomic E-state index is 10.9. The van der Waals surface area contributed by atoms with Crippen molar-refractivity contribution in [3.8, 4) is 0 Å². The Labute approximate surface area is 99.6 Å². The van der Waals surface area contributed by atoms with Gasteiger partial charge in [0.25, 0.3) is 0 Å². The molecule has 0 bridgehead atoms. The van der Waals surface area contributed by atoms with Crippen molar-refractivity contribution in [3.05, 3.63) is 28.3 Å². The quantitative estimate of drug-likeness (QED) is 0.442. The van der Waals surface area contributed by atoms with E-state index in [0.29, 0.717) is 4.90 Å². The van der Waals surface area contributed by atoms with Crippen molar-refractivity contribution in [2.45, 2.75) is 32.6 Å². The number of rotatable bonds is 1. The molecular weight excluding hydrogens is 191 g/mol. The predicted molar refractivity (Wildman–Crippen MR) is 52.6 cm³/mol. The van der Waals surface area contributed by atoms with Crippen LogP contribution in [0.2, 0.25) is 0 Å². The molecule has 2 nitrogen and oxygen atoms in total. The fourth-order valence-corrected chi connectivity index (χ4v) is 2.24. The van der Waals surface area contributed by atoms with E-state index in [9.17, 15) is 8.76 Å². The molecular formula is C10H13LiO2S. The summed E-state index contributed by atoms with van der Waals surface area (Å²) in [6.07, 6.45) is 0. The van der Waals surface area contributed by atoms with Crippen molar-refractivity contribution in [1.82, 2.24) is 0 Å². The van der Waals surface area contributed by atoms with E-state index in [0.717, 1.165) is 22.3 Å². The number of benzene rings is 1. The summed E-state index contributed by atoms with van der Waals surface area (Å²) < 4.78 is 21.8. The van der Waals surface area contributed by atoms with Gasteiger partial charge in [-0.05, 0) is 61.0 Å². The molecule has 1 atom stereocenters. The number of aryl methyl sites for hydroxylation is 2. The SMILES string of the molecule is Cc1cc(C)c(S(=O)[O-])c(C)c1C.[Li+]. The summed E-state index contributed by atoms with van der Waals surface area (Å²) in [5.74, 6) is 0. The Hall–Kier alpha value is -0.0726. The second-order valence-corrected chi connectivity index (χ2v) is 4.20. The van der Waals surface area contributed by atoms with Crippen LogP contribution in [0.5, 0.6) is 0 Å². The summed E-state index contributed by atoms with van der Waals surface area (Å²) in [7, 11) is 0. The van der Waals surface area contributed by atoms with Gasteiger partial charge in [0.15, 0.2) is 0 Å². The van der Waals surface area contributed by atoms with Crippen LogP contribution in [0.25, 0.3) is 0 Å². The van der Waals surface area contributed by atoms with Gasteiger partial charge in [0.2, 0.25) is 0 Å². The molecule has 4 heteroatoms. The van der Waals surface area contributed by atoms with E-state index < -0.39 is 11.1 Å². The first-order valence-electron chi connectivity index (χ1n) is 4.11. The Morgan fingerprint density at radius 2 is 1.57 bits per heavy atom. The van der Waals surface area contributed by atoms with Crippen LogP contribution in [0.1, 0.15) is 22.3 Å². The molecule has 0 saturated heterocycles. The minimum Gasteiger partial charge on any atom is -0.768 e. The molecule has 14 heavy (non-hydrogen) atoms. The van der Waals surface area contributed by atoms with E-state index in [1.54, 1.807) is 0 Å². The van der Waals surface area contributed by atoms with Gasteiger partial charge in [0.05, 0.1) is 0 Å². The minimum atomic E-state index is -2.12. The molecule has 0 aliphatic heterocycles. The van der Waals surface area contributed by atoms with Crippen LogP contribution in [0.4, 0.5) is 0 Å². The van der Waals surface area contributed by atoms with Crippen molar-refractivity contribution in [2.24, 2.45) is 0 Å². The Kier molecular flexibility index (Phi) is 5.11. The van der Waals surface area contributed by atoms with Gasteiger partial charge in [-0.3, -0.25) is 4.21 Å². The monoisotopic (exact) mass is 204 g/mol. The largest absolute Gasteiger partial charge is 1.00 e. The summed E-state index contributed by atoms with van der Waals surface area (Å²) in [6, 6.07) is 1.91. The first-order chi connectivity index (χ1) is 5.95. The molecule has 0 aromatic heterocycles. The molecule has 1 aromatic carbocycles. The van der Waals surface area contributed by atoms with Crippen molar-refractivity contribution in [1.29, 1.82) is 0 Å². The van der Waals surface area contributed by atoms with Gasteiger partial charge >= 0.3 is 18.9 Å². The van der Waals surface area contributed by atoms with Crippen LogP contribution in [-0.2, 0) is 11.1 Å². The predicted octanol–water partition coefficient (Wildman–Crippen LogP) is -0.838. The van der Waals surface area contributed by atoms with Gasteiger partial charge in [-0.2, -0.15) is 0 Å². The molecule has 1 aromatic rings. The fraction of sp³-hybridized carbons (Fsp3) is 0.400. The van der Waals surface area contributed by atoms with E-state index in [1.807, 2.05) is 33.8 Å². The molecule has 1 unspecified atom stereocenters. The summed E-state index contributed by atoms with van der Waals surface area (Å²) >= 11 is -2.12. The first-order valence-corrected chi connectivity index (χ1v) is 5.19. The molecule has 0 aliphatic carbocycles. The van der Waals surface area contributed by atoms with E-state index in [-0.39, 0.29) is 18.9 Å². The average Bonchev–Trinajstić information content (AvgIpc) is 1.99. The van der Waals surface area contributed by atoms with Crippen molar-refractivity contribution in [3.63, 3.8) is 0 Å². The zero-order chi connectivity index (χ0) is 10.2. The van der Waals surface area contributed by atoms with Crippen molar-refractivity contribution >= 4 is 11.1 Å². The van der Waals surface area contributed by atoms with Crippen molar-refractivity contribution < 1.29 is 27.6 Å². The molecule has 0 fully saturated rings. The Morgan fingerprint density at radius 3 is 2.00 bits per heavy atom. The second-order valence-electron chi connectivity index (χ2n) is 3.32. The molecule has 0 amide bonds. The van der Waals surface area contributed by atoms with Gasteiger partial charge in [-0.15, -0.1) is 0 Å². The Bertz CT molecular complexity index is 375. The fourth-order valence-electron chi connectivity index (χ4n) is 1.52. The van der Waals surface area contributed by atoms with E-state index in [4.69, 9.17) is 0 Å². The first kappa shape index (κ1) is 13.9. The molecule has 0 radical (unpaired) electrons. The second kappa shape index (κ2) is 5.13. The van der Waals surface area contributed by atoms with Gasteiger partial charge in [0, 0.05) is 4.90 Å². The van der Waals surface area contributed by atoms with E-state index in [1.165, 1.54) is 0 Å². The molecule has 1 rings (SSSR count). The molecule has 0 spiro atoms. The van der Waals surface area contributed by atoms with Crippen LogP contribution >= 0.6 is 0 Å². The molecule has 0 saturated carbocycles. The summed E-state index contributed by atoms with van der Waals surface area (Å²) in [5, 5.41) is 0. The molecule has 0 aliphatic rings. The Balaban J connectivity index is 0.00000169. The summed E-state index contributed by atoms with van der Waals surface area (Å²) in [4.78, 5) is 0.447. The minimum absolute atomic E-state index is 0. The molecule has 0 N–H and O–H groups in total. The topological polar surface area (TPSA) is 40.1 Å². The maximum absolute atomic E-state index is 10.9. The molecule has 0 heterocycles. The normalized spacial score (nSPS) is 12.1. The maximum Gasteiger partial charge on any atom is 1.00 e. The van der Waals surface area contributed by atoms with E-state index >= 15 is 0 Å². The van der Waals surface area contributed by atoms with Crippen LogP contribution < -0.4 is 18.9 Å². The number of hydrogen-bond acceptors (Lipinski definition) is 2. The zero-order valence-electron chi connectivity index (χ0n) is 9.30. The molecule has 72 valence electrons. The smallest absolute Gasteiger partial charge is 0.768 e. The van der Waals surface area contributed by atoms with Gasteiger partial charge in [-0.25, -0.2) is 0 Å². The van der Waals surface area contributed by atoms with E-state index in [2.05, 4.69) is 0 Å². The van der Waals surface area contributed by atoms with Crippen LogP contribution in [0.15, 0.2) is 11.0 Å². The van der Waals surface area contributed by atoms with Gasteiger partial charge < -0.3 is 4.55 Å². The standard InChI is InChI=1S/C10H14O2S.Li/c1-6-5-7(2)10(13(11)12)9(4)8(6)3;/h5H,1-4H3,(H,11,12);/q;+1/p-1. The number of hydrogen-bond donors (Lipinski definition) is 0. The van der Waals surface area contributed by atoms with Crippen LogP contribution in [0, 0.1) is 27.7 Å². The third kappa shape index (κ3) is 2.49. The summed E-state index contributed by atoms with van der Waals surface area (Å²) in [6.45, 7) is 7.61. The van der Waals surface area contributed by atoms with Crippen LogP contribution in [0.3, 0.4) is 0 Å². The summed E-state index contributed by atoms with van der Waals surface area (Å²) in [5.41, 5.74) is 3.90. The zero-order valence-corrected chi connectivity index (χ0v) is 10.1. The Morgan fingerprint density at radius 1 is 1.07 bits per heavy atom. The third-order valence-corrected chi connectivity index (χ3v) is 3.41. The van der Waals surface area contributed by atoms with Crippen molar-refractivity contribution in [2.75, 3.05) is 0 Å².